The smallest absolute Gasteiger partial charge is 0.265 e. The van der Waals surface area contributed by atoms with E-state index in [4.69, 9.17) is 4.74 Å². The summed E-state index contributed by atoms with van der Waals surface area (Å²) in [5.74, 6) is 0.0772. The van der Waals surface area contributed by atoms with Crippen LogP contribution in [0.4, 0.5) is 11.4 Å². The first-order valence-corrected chi connectivity index (χ1v) is 9.20. The number of para-hydroxylation sites is 2. The van der Waals surface area contributed by atoms with Crippen molar-refractivity contribution in [2.24, 2.45) is 0 Å². The Morgan fingerprint density at radius 3 is 2.79 bits per heavy atom. The van der Waals surface area contributed by atoms with Gasteiger partial charge in [0.15, 0.2) is 6.61 Å². The summed E-state index contributed by atoms with van der Waals surface area (Å²) in [5, 5.41) is 2.86. The highest BCUT2D eigenvalue weighted by molar-refractivity contribution is 6.05. The molecule has 0 fully saturated rings. The molecule has 2 aromatic carbocycles. The Labute approximate surface area is 168 Å². The van der Waals surface area contributed by atoms with E-state index in [9.17, 15) is 9.59 Å². The largest absolute Gasteiger partial charge is 0.482 e. The molecule has 0 saturated heterocycles. The molecule has 0 aliphatic carbocycles. The number of fused-ring (bicyclic) bond motifs is 1. The normalized spacial score (nSPS) is 13.1. The first-order chi connectivity index (χ1) is 14.2. The molecule has 1 aromatic heterocycles. The highest BCUT2D eigenvalue weighted by Gasteiger charge is 2.26. The SMILES string of the molecule is O=C(CN1C(=O)COc2ccccc21)Nc1cccc(C=Cc2ccccn2)c1. The van der Waals surface area contributed by atoms with E-state index in [1.807, 2.05) is 66.7 Å². The van der Waals surface area contributed by atoms with Gasteiger partial charge in [-0.05, 0) is 48.0 Å². The third-order valence-electron chi connectivity index (χ3n) is 4.41. The number of aromatic nitrogens is 1. The molecule has 4 rings (SSSR count). The van der Waals surface area contributed by atoms with Gasteiger partial charge in [0, 0.05) is 11.9 Å². The predicted molar refractivity (Wildman–Crippen MR) is 113 cm³/mol. The van der Waals surface area contributed by atoms with E-state index >= 15 is 0 Å². The van der Waals surface area contributed by atoms with Crippen LogP contribution in [0.1, 0.15) is 11.3 Å². The standard InChI is InChI=1S/C23H19N3O3/c27-22(15-26-20-9-1-2-10-21(20)29-16-23(26)28)25-19-8-5-6-17(14-19)11-12-18-7-3-4-13-24-18/h1-14H,15-16H2,(H,25,27). The first-order valence-electron chi connectivity index (χ1n) is 9.20. The number of rotatable bonds is 5. The van der Waals surface area contributed by atoms with Gasteiger partial charge >= 0.3 is 0 Å². The van der Waals surface area contributed by atoms with Gasteiger partial charge in [-0.1, -0.05) is 36.4 Å². The molecule has 0 radical (unpaired) electrons. The summed E-state index contributed by atoms with van der Waals surface area (Å²) in [5.41, 5.74) is 3.05. The molecule has 6 heteroatoms. The maximum atomic E-state index is 12.6. The minimum absolute atomic E-state index is 0.0713. The van der Waals surface area contributed by atoms with Crippen LogP contribution >= 0.6 is 0 Å². The maximum absolute atomic E-state index is 12.6. The van der Waals surface area contributed by atoms with Crippen LogP contribution in [-0.4, -0.2) is 29.9 Å². The average molecular weight is 385 g/mol. The van der Waals surface area contributed by atoms with Crippen molar-refractivity contribution in [1.82, 2.24) is 4.98 Å². The summed E-state index contributed by atoms with van der Waals surface area (Å²) in [6, 6.07) is 20.4. The Balaban J connectivity index is 1.44. The third-order valence-corrected chi connectivity index (χ3v) is 4.41. The van der Waals surface area contributed by atoms with Crippen LogP contribution in [-0.2, 0) is 9.59 Å². The van der Waals surface area contributed by atoms with Gasteiger partial charge in [-0.25, -0.2) is 0 Å². The fourth-order valence-corrected chi connectivity index (χ4v) is 3.05. The second kappa shape index (κ2) is 8.39. The third kappa shape index (κ3) is 4.50. The van der Waals surface area contributed by atoms with Gasteiger partial charge in [-0.2, -0.15) is 0 Å². The number of benzene rings is 2. The number of ether oxygens (including phenoxy) is 1. The Kier molecular flexibility index (Phi) is 5.33. The number of anilines is 2. The lowest BCUT2D eigenvalue weighted by Gasteiger charge is -2.28. The second-order valence-corrected chi connectivity index (χ2v) is 6.50. The fraction of sp³-hybridized carbons (Fsp3) is 0.0870. The molecule has 0 atom stereocenters. The van der Waals surface area contributed by atoms with Crippen molar-refractivity contribution in [3.63, 3.8) is 0 Å². The number of hydrogen-bond donors (Lipinski definition) is 1. The van der Waals surface area contributed by atoms with Gasteiger partial charge in [0.25, 0.3) is 5.91 Å². The summed E-state index contributed by atoms with van der Waals surface area (Å²) in [6.45, 7) is -0.148. The summed E-state index contributed by atoms with van der Waals surface area (Å²) in [4.78, 5) is 30.5. The Morgan fingerprint density at radius 1 is 1.07 bits per heavy atom. The van der Waals surface area contributed by atoms with Gasteiger partial charge in [0.05, 0.1) is 11.4 Å². The van der Waals surface area contributed by atoms with Crippen molar-refractivity contribution < 1.29 is 14.3 Å². The predicted octanol–water partition coefficient (Wildman–Crippen LogP) is 3.62. The van der Waals surface area contributed by atoms with Crippen LogP contribution in [0, 0.1) is 0 Å². The number of carbonyl (C=O) groups excluding carboxylic acids is 2. The van der Waals surface area contributed by atoms with Crippen molar-refractivity contribution in [3.8, 4) is 5.75 Å². The van der Waals surface area contributed by atoms with Gasteiger partial charge in [0.2, 0.25) is 5.91 Å². The molecule has 0 unspecified atom stereocenters. The number of pyridine rings is 1. The number of amides is 2. The first kappa shape index (κ1) is 18.4. The molecule has 1 N–H and O–H groups in total. The second-order valence-electron chi connectivity index (χ2n) is 6.50. The van der Waals surface area contributed by atoms with Crippen LogP contribution in [0.25, 0.3) is 12.2 Å². The zero-order valence-electron chi connectivity index (χ0n) is 15.6. The van der Waals surface area contributed by atoms with E-state index in [1.165, 1.54) is 4.90 Å². The van der Waals surface area contributed by atoms with E-state index in [2.05, 4.69) is 10.3 Å². The summed E-state index contributed by atoms with van der Waals surface area (Å²) >= 11 is 0. The van der Waals surface area contributed by atoms with Gasteiger partial charge in [-0.15, -0.1) is 0 Å². The fourth-order valence-electron chi connectivity index (χ4n) is 3.05. The van der Waals surface area contributed by atoms with Gasteiger partial charge < -0.3 is 10.1 Å². The molecule has 1 aliphatic rings. The zero-order chi connectivity index (χ0) is 20.1. The van der Waals surface area contributed by atoms with Crippen molar-refractivity contribution in [2.45, 2.75) is 0 Å². The van der Waals surface area contributed by atoms with Crippen LogP contribution < -0.4 is 15.0 Å². The Hall–Kier alpha value is -3.93. The van der Waals surface area contributed by atoms with E-state index in [0.29, 0.717) is 17.1 Å². The van der Waals surface area contributed by atoms with Crippen LogP contribution in [0.15, 0.2) is 72.9 Å². The minimum atomic E-state index is -0.277. The molecule has 0 saturated carbocycles. The molecular formula is C23H19N3O3. The van der Waals surface area contributed by atoms with Crippen molar-refractivity contribution in [2.75, 3.05) is 23.4 Å². The molecule has 1 aliphatic heterocycles. The number of carbonyl (C=O) groups is 2. The quantitative estimate of drug-likeness (QED) is 0.728. The zero-order valence-corrected chi connectivity index (χ0v) is 15.6. The molecule has 0 spiro atoms. The molecule has 144 valence electrons. The molecular weight excluding hydrogens is 366 g/mol. The highest BCUT2D eigenvalue weighted by Crippen LogP contribution is 2.31. The van der Waals surface area contributed by atoms with E-state index in [0.717, 1.165) is 11.3 Å². The molecule has 2 heterocycles. The highest BCUT2D eigenvalue weighted by atomic mass is 16.5. The van der Waals surface area contributed by atoms with Crippen molar-refractivity contribution in [3.05, 3.63) is 84.2 Å². The van der Waals surface area contributed by atoms with Crippen molar-refractivity contribution >= 4 is 35.3 Å². The lowest BCUT2D eigenvalue weighted by molar-refractivity contribution is -0.123. The lowest BCUT2D eigenvalue weighted by Crippen LogP contribution is -2.43. The molecule has 29 heavy (non-hydrogen) atoms. The minimum Gasteiger partial charge on any atom is -0.482 e. The maximum Gasteiger partial charge on any atom is 0.265 e. The van der Waals surface area contributed by atoms with E-state index in [-0.39, 0.29) is 25.0 Å². The molecule has 3 aromatic rings. The average Bonchev–Trinajstić information content (AvgIpc) is 2.75. The monoisotopic (exact) mass is 385 g/mol. The Bertz CT molecular complexity index is 1060. The summed E-state index contributed by atoms with van der Waals surface area (Å²) in [6.07, 6.45) is 5.57. The molecule has 2 amide bonds. The van der Waals surface area contributed by atoms with E-state index < -0.39 is 0 Å². The topological polar surface area (TPSA) is 71.5 Å². The van der Waals surface area contributed by atoms with E-state index in [1.54, 1.807) is 18.3 Å². The van der Waals surface area contributed by atoms with Gasteiger partial charge in [-0.3, -0.25) is 19.5 Å². The van der Waals surface area contributed by atoms with Gasteiger partial charge in [0.1, 0.15) is 12.3 Å². The molecule has 0 bridgehead atoms. The summed E-state index contributed by atoms with van der Waals surface area (Å²) in [7, 11) is 0. The number of hydrogen-bond acceptors (Lipinski definition) is 4. The molecule has 6 nitrogen and oxygen atoms in total. The number of nitrogens with zero attached hydrogens (tertiary/aromatic N) is 2. The van der Waals surface area contributed by atoms with Crippen molar-refractivity contribution in [1.29, 1.82) is 0 Å². The van der Waals surface area contributed by atoms with Crippen LogP contribution in [0.5, 0.6) is 5.75 Å². The van der Waals surface area contributed by atoms with Crippen LogP contribution in [0.3, 0.4) is 0 Å². The lowest BCUT2D eigenvalue weighted by atomic mass is 10.1. The summed E-state index contributed by atoms with van der Waals surface area (Å²) < 4.78 is 5.41. The number of nitrogens with one attached hydrogen (secondary N) is 1. The van der Waals surface area contributed by atoms with Crippen LogP contribution in [0.2, 0.25) is 0 Å². The Morgan fingerprint density at radius 2 is 1.93 bits per heavy atom.